The number of rotatable bonds is 3. The molecule has 1 aromatic heterocycles. The molecule has 3 nitrogen and oxygen atoms in total. The molecule has 0 spiro atoms. The molecular weight excluding hydrogens is 198 g/mol. The summed E-state index contributed by atoms with van der Waals surface area (Å²) in [6.07, 6.45) is 9.11. The lowest BCUT2D eigenvalue weighted by molar-refractivity contribution is 0.670. The van der Waals surface area contributed by atoms with Crippen molar-refractivity contribution in [2.24, 2.45) is 0 Å². The van der Waals surface area contributed by atoms with Crippen LogP contribution in [0, 0.1) is 6.92 Å². The van der Waals surface area contributed by atoms with Crippen molar-refractivity contribution in [3.63, 3.8) is 0 Å². The Labute approximate surface area is 97.0 Å². The number of hydrogen-bond acceptors (Lipinski definition) is 3. The molecule has 3 heteroatoms. The van der Waals surface area contributed by atoms with Crippen molar-refractivity contribution >= 4 is 5.82 Å². The summed E-state index contributed by atoms with van der Waals surface area (Å²) >= 11 is 0. The summed E-state index contributed by atoms with van der Waals surface area (Å²) < 4.78 is 0. The number of nitrogens with one attached hydrogen (secondary N) is 1. The second kappa shape index (κ2) is 5.10. The Morgan fingerprint density at radius 2 is 2.31 bits per heavy atom. The van der Waals surface area contributed by atoms with Crippen LogP contribution >= 0.6 is 0 Å². The van der Waals surface area contributed by atoms with Gasteiger partial charge in [0.05, 0.1) is 0 Å². The Bertz CT molecular complexity index is 385. The van der Waals surface area contributed by atoms with Crippen molar-refractivity contribution in [1.82, 2.24) is 9.97 Å². The zero-order valence-electron chi connectivity index (χ0n) is 10.0. The van der Waals surface area contributed by atoms with E-state index in [9.17, 15) is 0 Å². The highest BCUT2D eigenvalue weighted by molar-refractivity contribution is 5.38. The van der Waals surface area contributed by atoms with Crippen molar-refractivity contribution in [2.75, 3.05) is 5.32 Å². The molecule has 16 heavy (non-hydrogen) atoms. The van der Waals surface area contributed by atoms with Crippen molar-refractivity contribution < 1.29 is 0 Å². The Morgan fingerprint density at radius 1 is 1.44 bits per heavy atom. The van der Waals surface area contributed by atoms with E-state index in [1.807, 2.05) is 6.92 Å². The van der Waals surface area contributed by atoms with Crippen LogP contribution < -0.4 is 5.32 Å². The van der Waals surface area contributed by atoms with E-state index in [1.54, 1.807) is 0 Å². The van der Waals surface area contributed by atoms with Crippen LogP contribution in [0.1, 0.15) is 37.7 Å². The quantitative estimate of drug-likeness (QED) is 0.791. The third-order valence-corrected chi connectivity index (χ3v) is 2.84. The number of allylic oxidation sites excluding steroid dienone is 1. The highest BCUT2D eigenvalue weighted by Gasteiger charge is 2.09. The van der Waals surface area contributed by atoms with E-state index in [-0.39, 0.29) is 0 Å². The van der Waals surface area contributed by atoms with E-state index in [2.05, 4.69) is 40.4 Å². The molecule has 1 atom stereocenters. The monoisotopic (exact) mass is 217 g/mol. The Balaban J connectivity index is 2.10. The Morgan fingerprint density at radius 3 is 3.00 bits per heavy atom. The average Bonchev–Trinajstić information content (AvgIpc) is 2.29. The minimum Gasteiger partial charge on any atom is -0.364 e. The molecule has 0 aliphatic heterocycles. The van der Waals surface area contributed by atoms with Crippen LogP contribution in [0.5, 0.6) is 0 Å². The van der Waals surface area contributed by atoms with Gasteiger partial charge in [-0.25, -0.2) is 9.97 Å². The standard InChI is InChI=1S/C13H19N3/c1-3-11-9-13(15-10(2)14-11)16-12-7-5-4-6-8-12/h5,7,9,12H,3-4,6,8H2,1-2H3,(H,14,15,16). The molecule has 0 radical (unpaired) electrons. The zero-order chi connectivity index (χ0) is 11.4. The number of nitrogens with zero attached hydrogens (tertiary/aromatic N) is 2. The first-order valence-electron chi connectivity index (χ1n) is 6.05. The smallest absolute Gasteiger partial charge is 0.130 e. The van der Waals surface area contributed by atoms with Crippen molar-refractivity contribution in [3.8, 4) is 0 Å². The molecule has 1 aliphatic rings. The van der Waals surface area contributed by atoms with E-state index in [0.29, 0.717) is 6.04 Å². The zero-order valence-corrected chi connectivity index (χ0v) is 10.0. The molecule has 0 fully saturated rings. The fourth-order valence-corrected chi connectivity index (χ4v) is 2.01. The third kappa shape index (κ3) is 2.81. The van der Waals surface area contributed by atoms with E-state index >= 15 is 0 Å². The molecule has 0 aromatic carbocycles. The van der Waals surface area contributed by atoms with E-state index < -0.39 is 0 Å². The topological polar surface area (TPSA) is 37.8 Å². The maximum absolute atomic E-state index is 4.42. The fourth-order valence-electron chi connectivity index (χ4n) is 2.01. The molecule has 2 rings (SSSR count). The van der Waals surface area contributed by atoms with E-state index in [4.69, 9.17) is 0 Å². The van der Waals surface area contributed by atoms with Gasteiger partial charge >= 0.3 is 0 Å². The van der Waals surface area contributed by atoms with Crippen LogP contribution in [-0.4, -0.2) is 16.0 Å². The lowest BCUT2D eigenvalue weighted by Gasteiger charge is -2.18. The Hall–Kier alpha value is -1.38. The number of aryl methyl sites for hydroxylation is 2. The van der Waals surface area contributed by atoms with E-state index in [0.717, 1.165) is 23.8 Å². The second-order valence-corrected chi connectivity index (χ2v) is 4.26. The molecular formula is C13H19N3. The third-order valence-electron chi connectivity index (χ3n) is 2.84. The van der Waals surface area contributed by atoms with Gasteiger partial charge in [-0.05, 0) is 32.6 Å². The molecule has 86 valence electrons. The number of aromatic nitrogens is 2. The normalized spacial score (nSPS) is 19.8. The summed E-state index contributed by atoms with van der Waals surface area (Å²) in [7, 11) is 0. The minimum absolute atomic E-state index is 0.438. The summed E-state index contributed by atoms with van der Waals surface area (Å²) in [5.74, 6) is 1.81. The molecule has 1 aliphatic carbocycles. The van der Waals surface area contributed by atoms with Crippen molar-refractivity contribution in [3.05, 3.63) is 29.7 Å². The first kappa shape index (κ1) is 11.1. The maximum atomic E-state index is 4.42. The molecule has 0 amide bonds. The SMILES string of the molecule is CCc1cc(NC2C=CCCC2)nc(C)n1. The van der Waals surface area contributed by atoms with Gasteiger partial charge in [0.15, 0.2) is 0 Å². The maximum Gasteiger partial charge on any atom is 0.130 e. The van der Waals surface area contributed by atoms with Gasteiger partial charge in [0.25, 0.3) is 0 Å². The Kier molecular flexibility index (Phi) is 3.54. The van der Waals surface area contributed by atoms with Gasteiger partial charge in [0.2, 0.25) is 0 Å². The molecule has 1 aromatic rings. The van der Waals surface area contributed by atoms with Crippen molar-refractivity contribution in [1.29, 1.82) is 0 Å². The van der Waals surface area contributed by atoms with Crippen LogP contribution in [0.25, 0.3) is 0 Å². The summed E-state index contributed by atoms with van der Waals surface area (Å²) in [5, 5.41) is 3.46. The lowest BCUT2D eigenvalue weighted by atomic mass is 10.0. The minimum atomic E-state index is 0.438. The first-order valence-corrected chi connectivity index (χ1v) is 6.05. The predicted molar refractivity (Wildman–Crippen MR) is 66.5 cm³/mol. The number of hydrogen-bond donors (Lipinski definition) is 1. The van der Waals surface area contributed by atoms with Gasteiger partial charge in [-0.15, -0.1) is 0 Å². The largest absolute Gasteiger partial charge is 0.364 e. The van der Waals surface area contributed by atoms with Crippen molar-refractivity contribution in [2.45, 2.75) is 45.6 Å². The van der Waals surface area contributed by atoms with E-state index in [1.165, 1.54) is 19.3 Å². The fraction of sp³-hybridized carbons (Fsp3) is 0.538. The van der Waals surface area contributed by atoms with Crippen LogP contribution in [0.15, 0.2) is 18.2 Å². The van der Waals surface area contributed by atoms with Gasteiger partial charge in [-0.1, -0.05) is 19.1 Å². The van der Waals surface area contributed by atoms with Gasteiger partial charge in [-0.2, -0.15) is 0 Å². The van der Waals surface area contributed by atoms with Crippen LogP contribution in [-0.2, 0) is 6.42 Å². The first-order chi connectivity index (χ1) is 7.78. The summed E-state index contributed by atoms with van der Waals surface area (Å²) in [6.45, 7) is 4.06. The molecule has 0 bridgehead atoms. The molecule has 1 unspecified atom stereocenters. The second-order valence-electron chi connectivity index (χ2n) is 4.26. The summed E-state index contributed by atoms with van der Waals surface area (Å²) in [4.78, 5) is 8.80. The molecule has 1 N–H and O–H groups in total. The number of anilines is 1. The molecule has 0 saturated heterocycles. The van der Waals surface area contributed by atoms with Gasteiger partial charge in [0.1, 0.15) is 11.6 Å². The summed E-state index contributed by atoms with van der Waals surface area (Å²) in [6, 6.07) is 2.49. The van der Waals surface area contributed by atoms with Gasteiger partial charge < -0.3 is 5.32 Å². The van der Waals surface area contributed by atoms with Gasteiger partial charge in [-0.3, -0.25) is 0 Å². The highest BCUT2D eigenvalue weighted by Crippen LogP contribution is 2.15. The van der Waals surface area contributed by atoms with Gasteiger partial charge in [0, 0.05) is 17.8 Å². The predicted octanol–water partition coefficient (Wildman–Crippen LogP) is 2.87. The highest BCUT2D eigenvalue weighted by atomic mass is 15.0. The molecule has 1 heterocycles. The molecule has 0 saturated carbocycles. The van der Waals surface area contributed by atoms with Crippen LogP contribution in [0.4, 0.5) is 5.82 Å². The lowest BCUT2D eigenvalue weighted by Crippen LogP contribution is -2.19. The van der Waals surface area contributed by atoms with Crippen LogP contribution in [0.3, 0.4) is 0 Å². The van der Waals surface area contributed by atoms with Crippen LogP contribution in [0.2, 0.25) is 0 Å². The average molecular weight is 217 g/mol. The summed E-state index contributed by atoms with van der Waals surface area (Å²) in [5.41, 5.74) is 1.11.